The number of benzene rings is 1. The van der Waals surface area contributed by atoms with Gasteiger partial charge in [-0.2, -0.15) is 4.98 Å². The van der Waals surface area contributed by atoms with E-state index in [0.717, 1.165) is 22.0 Å². The van der Waals surface area contributed by atoms with E-state index < -0.39 is 0 Å². The van der Waals surface area contributed by atoms with E-state index in [9.17, 15) is 0 Å². The summed E-state index contributed by atoms with van der Waals surface area (Å²) in [6, 6.07) is 8.10. The summed E-state index contributed by atoms with van der Waals surface area (Å²) < 4.78 is 7.39. The maximum absolute atomic E-state index is 5.31. The molecule has 0 fully saturated rings. The first-order valence-electron chi connectivity index (χ1n) is 6.82. The van der Waals surface area contributed by atoms with Gasteiger partial charge in [-0.25, -0.2) is 4.98 Å². The van der Waals surface area contributed by atoms with Gasteiger partial charge in [0.2, 0.25) is 5.89 Å². The Bertz CT molecular complexity index is 769. The van der Waals surface area contributed by atoms with Gasteiger partial charge in [0.15, 0.2) is 11.0 Å². The molecule has 21 heavy (non-hydrogen) atoms. The molecule has 0 saturated carbocycles. The van der Waals surface area contributed by atoms with Gasteiger partial charge in [-0.1, -0.05) is 49.8 Å². The van der Waals surface area contributed by atoms with Crippen molar-refractivity contribution in [3.8, 4) is 0 Å². The topological polar surface area (TPSA) is 56.7 Å². The van der Waals surface area contributed by atoms with Gasteiger partial charge in [-0.3, -0.25) is 0 Å². The van der Waals surface area contributed by atoms with Crippen LogP contribution in [0.1, 0.15) is 32.5 Å². The van der Waals surface area contributed by atoms with Gasteiger partial charge in [-0.05, 0) is 12.1 Å². The van der Waals surface area contributed by atoms with Crippen LogP contribution in [-0.4, -0.2) is 19.7 Å². The summed E-state index contributed by atoms with van der Waals surface area (Å²) in [5, 5.41) is 4.99. The number of aryl methyl sites for hydroxylation is 1. The Kier molecular flexibility index (Phi) is 3.49. The standard InChI is InChI=1S/C15H18N4OS/c1-15(2,3)13-17-12(20-18-13)9-21-14-16-10-7-5-6-8-11(10)19(14)4/h5-8H,9H2,1-4H3. The van der Waals surface area contributed by atoms with Crippen LogP contribution in [0.3, 0.4) is 0 Å². The molecule has 0 spiro atoms. The smallest absolute Gasteiger partial charge is 0.237 e. The third-order valence-electron chi connectivity index (χ3n) is 3.21. The van der Waals surface area contributed by atoms with Crippen LogP contribution in [-0.2, 0) is 18.2 Å². The Hall–Kier alpha value is -1.82. The maximum atomic E-state index is 5.31. The van der Waals surface area contributed by atoms with Crippen molar-refractivity contribution < 1.29 is 4.52 Å². The molecule has 0 aliphatic heterocycles. The number of hydrogen-bond acceptors (Lipinski definition) is 5. The first kappa shape index (κ1) is 14.1. The average Bonchev–Trinajstić information content (AvgIpc) is 3.02. The molecule has 1 aromatic carbocycles. The van der Waals surface area contributed by atoms with Gasteiger partial charge in [0.05, 0.1) is 16.8 Å². The van der Waals surface area contributed by atoms with Crippen LogP contribution in [0, 0.1) is 0 Å². The van der Waals surface area contributed by atoms with Crippen molar-refractivity contribution in [3.05, 3.63) is 36.0 Å². The number of imidazole rings is 1. The van der Waals surface area contributed by atoms with E-state index in [2.05, 4.69) is 46.5 Å². The molecule has 0 amide bonds. The zero-order valence-electron chi connectivity index (χ0n) is 12.6. The van der Waals surface area contributed by atoms with E-state index in [-0.39, 0.29) is 5.41 Å². The molecular formula is C15H18N4OS. The molecule has 0 saturated heterocycles. The van der Waals surface area contributed by atoms with Crippen molar-refractivity contribution in [3.63, 3.8) is 0 Å². The lowest BCUT2D eigenvalue weighted by Gasteiger charge is -2.10. The van der Waals surface area contributed by atoms with Crippen LogP contribution in [0.5, 0.6) is 0 Å². The quantitative estimate of drug-likeness (QED) is 0.693. The molecular weight excluding hydrogens is 284 g/mol. The normalized spacial score (nSPS) is 12.2. The van der Waals surface area contributed by atoms with Crippen molar-refractivity contribution >= 4 is 22.8 Å². The lowest BCUT2D eigenvalue weighted by Crippen LogP contribution is -2.13. The zero-order valence-corrected chi connectivity index (χ0v) is 13.4. The van der Waals surface area contributed by atoms with Crippen LogP contribution in [0.2, 0.25) is 0 Å². The Morgan fingerprint density at radius 1 is 1.19 bits per heavy atom. The monoisotopic (exact) mass is 302 g/mol. The molecule has 0 aliphatic rings. The molecule has 2 heterocycles. The second-order valence-corrected chi connectivity index (χ2v) is 6.94. The molecule has 110 valence electrons. The highest BCUT2D eigenvalue weighted by atomic mass is 32.2. The Labute approximate surface area is 127 Å². The molecule has 0 bridgehead atoms. The van der Waals surface area contributed by atoms with E-state index in [4.69, 9.17) is 4.52 Å². The van der Waals surface area contributed by atoms with Crippen molar-refractivity contribution in [1.29, 1.82) is 0 Å². The minimum Gasteiger partial charge on any atom is -0.338 e. The first-order chi connectivity index (χ1) is 9.95. The number of rotatable bonds is 3. The molecule has 2 aromatic heterocycles. The third kappa shape index (κ3) is 2.81. The Morgan fingerprint density at radius 2 is 1.95 bits per heavy atom. The van der Waals surface area contributed by atoms with Crippen molar-refractivity contribution in [2.45, 2.75) is 37.1 Å². The number of aromatic nitrogens is 4. The lowest BCUT2D eigenvalue weighted by atomic mass is 9.96. The maximum Gasteiger partial charge on any atom is 0.237 e. The summed E-state index contributed by atoms with van der Waals surface area (Å²) in [5.41, 5.74) is 2.04. The highest BCUT2D eigenvalue weighted by Gasteiger charge is 2.21. The molecule has 3 aromatic rings. The SMILES string of the molecule is Cn1c(SCc2nc(C(C)(C)C)no2)nc2ccccc21. The van der Waals surface area contributed by atoms with Crippen LogP contribution >= 0.6 is 11.8 Å². The summed E-state index contributed by atoms with van der Waals surface area (Å²) in [4.78, 5) is 9.06. The number of hydrogen-bond donors (Lipinski definition) is 0. The Morgan fingerprint density at radius 3 is 2.62 bits per heavy atom. The van der Waals surface area contributed by atoms with Crippen LogP contribution in [0.4, 0.5) is 0 Å². The van der Waals surface area contributed by atoms with Gasteiger partial charge >= 0.3 is 0 Å². The van der Waals surface area contributed by atoms with E-state index in [1.165, 1.54) is 0 Å². The summed E-state index contributed by atoms with van der Waals surface area (Å²) in [6.45, 7) is 6.21. The number of nitrogens with zero attached hydrogens (tertiary/aromatic N) is 4. The fourth-order valence-corrected chi connectivity index (χ4v) is 2.82. The van der Waals surface area contributed by atoms with Crippen molar-refractivity contribution in [2.24, 2.45) is 7.05 Å². The number of fused-ring (bicyclic) bond motifs is 1. The number of thioether (sulfide) groups is 1. The largest absolute Gasteiger partial charge is 0.338 e. The fraction of sp³-hybridized carbons (Fsp3) is 0.400. The molecule has 0 atom stereocenters. The second kappa shape index (κ2) is 5.18. The summed E-state index contributed by atoms with van der Waals surface area (Å²) in [7, 11) is 2.02. The predicted octanol–water partition coefficient (Wildman–Crippen LogP) is 3.55. The minimum absolute atomic E-state index is 0.0929. The first-order valence-corrected chi connectivity index (χ1v) is 7.81. The van der Waals surface area contributed by atoms with Gasteiger partial charge < -0.3 is 9.09 Å². The molecule has 0 radical (unpaired) electrons. The van der Waals surface area contributed by atoms with Crippen LogP contribution in [0.25, 0.3) is 11.0 Å². The van der Waals surface area contributed by atoms with Gasteiger partial charge in [0.25, 0.3) is 0 Å². The minimum atomic E-state index is -0.0929. The highest BCUT2D eigenvalue weighted by Crippen LogP contribution is 2.26. The molecule has 0 unspecified atom stereocenters. The van der Waals surface area contributed by atoms with E-state index >= 15 is 0 Å². The fourth-order valence-electron chi connectivity index (χ4n) is 2.00. The van der Waals surface area contributed by atoms with Gasteiger partial charge in [0, 0.05) is 12.5 Å². The van der Waals surface area contributed by atoms with Crippen molar-refractivity contribution in [2.75, 3.05) is 0 Å². The highest BCUT2D eigenvalue weighted by molar-refractivity contribution is 7.98. The summed E-state index contributed by atoms with van der Waals surface area (Å²) in [5.74, 6) is 2.00. The predicted molar refractivity (Wildman–Crippen MR) is 83.3 cm³/mol. The Balaban J connectivity index is 1.77. The molecule has 6 heteroatoms. The third-order valence-corrected chi connectivity index (χ3v) is 4.22. The van der Waals surface area contributed by atoms with E-state index in [1.54, 1.807) is 11.8 Å². The average molecular weight is 302 g/mol. The second-order valence-electron chi connectivity index (χ2n) is 5.99. The van der Waals surface area contributed by atoms with Gasteiger partial charge in [0.1, 0.15) is 0 Å². The van der Waals surface area contributed by atoms with Gasteiger partial charge in [-0.15, -0.1) is 0 Å². The summed E-state index contributed by atoms with van der Waals surface area (Å²) >= 11 is 1.61. The van der Waals surface area contributed by atoms with Crippen LogP contribution in [0.15, 0.2) is 33.9 Å². The van der Waals surface area contributed by atoms with E-state index in [1.807, 2.05) is 25.2 Å². The van der Waals surface area contributed by atoms with Crippen LogP contribution < -0.4 is 0 Å². The molecule has 3 rings (SSSR count). The molecule has 0 N–H and O–H groups in total. The van der Waals surface area contributed by atoms with Crippen molar-refractivity contribution in [1.82, 2.24) is 19.7 Å². The zero-order chi connectivity index (χ0) is 15.0. The van der Waals surface area contributed by atoms with E-state index in [0.29, 0.717) is 11.6 Å². The number of para-hydroxylation sites is 2. The molecule has 0 aliphatic carbocycles. The summed E-state index contributed by atoms with van der Waals surface area (Å²) in [6.07, 6.45) is 0. The lowest BCUT2D eigenvalue weighted by molar-refractivity contribution is 0.372. The molecule has 5 nitrogen and oxygen atoms in total.